The summed E-state index contributed by atoms with van der Waals surface area (Å²) in [7, 11) is 1.58. The summed E-state index contributed by atoms with van der Waals surface area (Å²) in [6.45, 7) is 3.18. The third-order valence-electron chi connectivity index (χ3n) is 3.96. The van der Waals surface area contributed by atoms with Gasteiger partial charge in [-0.2, -0.15) is 0 Å². The van der Waals surface area contributed by atoms with Crippen LogP contribution in [0.2, 0.25) is 0 Å². The number of hydrogen-bond donors (Lipinski definition) is 3. The second-order valence-corrected chi connectivity index (χ2v) is 6.81. The van der Waals surface area contributed by atoms with Gasteiger partial charge in [-0.15, -0.1) is 0 Å². The zero-order valence-corrected chi connectivity index (χ0v) is 17.2. The second-order valence-electron chi connectivity index (χ2n) is 5.96. The maximum absolute atomic E-state index is 10.7. The highest BCUT2D eigenvalue weighted by molar-refractivity contribution is 9.10. The fraction of sp³-hybridized carbons (Fsp3) is 0.368. The van der Waals surface area contributed by atoms with Crippen LogP contribution in [0.3, 0.4) is 0 Å². The van der Waals surface area contributed by atoms with E-state index in [9.17, 15) is 10.1 Å². The van der Waals surface area contributed by atoms with Crippen LogP contribution in [-0.2, 0) is 13.2 Å². The van der Waals surface area contributed by atoms with Crippen molar-refractivity contribution in [1.82, 2.24) is 10.6 Å². The van der Waals surface area contributed by atoms with Gasteiger partial charge in [-0.3, -0.25) is 10.1 Å². The fourth-order valence-corrected chi connectivity index (χ4v) is 2.93. The predicted octanol–water partition coefficient (Wildman–Crippen LogP) is 2.62. The second kappa shape index (κ2) is 11.6. The van der Waals surface area contributed by atoms with Gasteiger partial charge in [0.1, 0.15) is 6.61 Å². The van der Waals surface area contributed by atoms with Gasteiger partial charge >= 0.3 is 0 Å². The maximum atomic E-state index is 10.7. The van der Waals surface area contributed by atoms with E-state index >= 15 is 0 Å². The van der Waals surface area contributed by atoms with Crippen molar-refractivity contribution in [3.05, 3.63) is 62.1 Å². The SMILES string of the molecule is COc1cc(CNCCNCCO)c(Br)cc1OCc1ccc([N+](=O)[O-])cc1. The van der Waals surface area contributed by atoms with Gasteiger partial charge < -0.3 is 25.2 Å². The molecule has 8 nitrogen and oxygen atoms in total. The molecule has 2 rings (SSSR count). The number of aliphatic hydroxyl groups is 1. The number of nitro groups is 1. The summed E-state index contributed by atoms with van der Waals surface area (Å²) in [6.07, 6.45) is 0. The summed E-state index contributed by atoms with van der Waals surface area (Å²) >= 11 is 3.56. The highest BCUT2D eigenvalue weighted by Gasteiger charge is 2.11. The van der Waals surface area contributed by atoms with E-state index in [0.717, 1.165) is 28.7 Å². The van der Waals surface area contributed by atoms with Gasteiger partial charge in [0.25, 0.3) is 5.69 Å². The van der Waals surface area contributed by atoms with E-state index in [0.29, 0.717) is 24.6 Å². The van der Waals surface area contributed by atoms with Crippen LogP contribution in [0.4, 0.5) is 5.69 Å². The van der Waals surface area contributed by atoms with Crippen LogP contribution < -0.4 is 20.1 Å². The number of hydrogen-bond acceptors (Lipinski definition) is 7. The van der Waals surface area contributed by atoms with E-state index in [1.54, 1.807) is 19.2 Å². The number of nitrogens with one attached hydrogen (secondary N) is 2. The molecule has 0 bridgehead atoms. The number of nitro benzene ring substituents is 1. The van der Waals surface area contributed by atoms with Gasteiger partial charge in [0.15, 0.2) is 11.5 Å². The van der Waals surface area contributed by atoms with E-state index in [-0.39, 0.29) is 18.9 Å². The highest BCUT2D eigenvalue weighted by atomic mass is 79.9. The molecule has 0 aromatic heterocycles. The van der Waals surface area contributed by atoms with Crippen LogP contribution in [0.25, 0.3) is 0 Å². The Morgan fingerprint density at radius 1 is 1.11 bits per heavy atom. The van der Waals surface area contributed by atoms with E-state index < -0.39 is 4.92 Å². The predicted molar refractivity (Wildman–Crippen MR) is 110 cm³/mol. The van der Waals surface area contributed by atoms with Crippen molar-refractivity contribution < 1.29 is 19.5 Å². The Balaban J connectivity index is 1.95. The zero-order chi connectivity index (χ0) is 20.4. The number of non-ortho nitro benzene ring substituents is 1. The van der Waals surface area contributed by atoms with E-state index in [1.807, 2.05) is 12.1 Å². The number of ether oxygens (including phenoxy) is 2. The molecule has 0 aliphatic heterocycles. The smallest absolute Gasteiger partial charge is 0.269 e. The number of nitrogens with zero attached hydrogens (tertiary/aromatic N) is 1. The van der Waals surface area contributed by atoms with E-state index in [2.05, 4.69) is 26.6 Å². The van der Waals surface area contributed by atoms with E-state index in [4.69, 9.17) is 14.6 Å². The minimum Gasteiger partial charge on any atom is -0.493 e. The van der Waals surface area contributed by atoms with Crippen LogP contribution in [0.15, 0.2) is 40.9 Å². The lowest BCUT2D eigenvalue weighted by Gasteiger charge is -2.14. The summed E-state index contributed by atoms with van der Waals surface area (Å²) in [5, 5.41) is 25.9. The minimum atomic E-state index is -0.430. The van der Waals surface area contributed by atoms with Gasteiger partial charge in [-0.25, -0.2) is 0 Å². The molecule has 0 spiro atoms. The van der Waals surface area contributed by atoms with Crippen molar-refractivity contribution in [2.45, 2.75) is 13.2 Å². The summed E-state index contributed by atoms with van der Waals surface area (Å²) in [5.41, 5.74) is 1.90. The molecule has 152 valence electrons. The molecule has 0 radical (unpaired) electrons. The number of methoxy groups -OCH3 is 1. The van der Waals surface area contributed by atoms with Crippen molar-refractivity contribution >= 4 is 21.6 Å². The minimum absolute atomic E-state index is 0.0486. The Morgan fingerprint density at radius 3 is 2.46 bits per heavy atom. The zero-order valence-electron chi connectivity index (χ0n) is 15.6. The third-order valence-corrected chi connectivity index (χ3v) is 4.69. The largest absolute Gasteiger partial charge is 0.493 e. The Labute approximate surface area is 172 Å². The first kappa shape index (κ1) is 22.1. The van der Waals surface area contributed by atoms with Gasteiger partial charge in [-0.05, 0) is 35.4 Å². The summed E-state index contributed by atoms with van der Waals surface area (Å²) in [4.78, 5) is 10.3. The fourth-order valence-electron chi connectivity index (χ4n) is 2.46. The Bertz CT molecular complexity index is 771. The first-order valence-corrected chi connectivity index (χ1v) is 9.59. The van der Waals surface area contributed by atoms with Crippen molar-refractivity contribution in [3.63, 3.8) is 0 Å². The molecule has 0 unspecified atom stereocenters. The molecule has 2 aromatic carbocycles. The lowest BCUT2D eigenvalue weighted by molar-refractivity contribution is -0.384. The monoisotopic (exact) mass is 453 g/mol. The molecule has 0 fully saturated rings. The van der Waals surface area contributed by atoms with Gasteiger partial charge in [0, 0.05) is 42.8 Å². The Kier molecular flexibility index (Phi) is 9.15. The molecule has 2 aromatic rings. The average molecular weight is 454 g/mol. The standard InChI is InChI=1S/C19H24BrN3O5/c1-27-18-10-15(12-22-7-6-21-8-9-24)17(20)11-19(18)28-13-14-2-4-16(5-3-14)23(25)26/h2-5,10-11,21-22,24H,6-9,12-13H2,1H3. The normalized spacial score (nSPS) is 10.7. The Morgan fingerprint density at radius 2 is 1.82 bits per heavy atom. The van der Waals surface area contributed by atoms with Crippen molar-refractivity contribution in [3.8, 4) is 11.5 Å². The molecule has 0 saturated carbocycles. The van der Waals surface area contributed by atoms with Crippen molar-refractivity contribution in [2.75, 3.05) is 33.4 Å². The number of halogens is 1. The first-order valence-electron chi connectivity index (χ1n) is 8.80. The summed E-state index contributed by atoms with van der Waals surface area (Å²) in [6, 6.07) is 10.0. The number of benzene rings is 2. The van der Waals surface area contributed by atoms with Crippen LogP contribution in [0, 0.1) is 10.1 Å². The summed E-state index contributed by atoms with van der Waals surface area (Å²) in [5.74, 6) is 1.20. The molecule has 0 saturated heterocycles. The van der Waals surface area contributed by atoms with E-state index in [1.165, 1.54) is 12.1 Å². The molecule has 28 heavy (non-hydrogen) atoms. The molecule has 3 N–H and O–H groups in total. The highest BCUT2D eigenvalue weighted by Crippen LogP contribution is 2.34. The molecule has 0 amide bonds. The van der Waals surface area contributed by atoms with Crippen molar-refractivity contribution in [1.29, 1.82) is 0 Å². The average Bonchev–Trinajstić information content (AvgIpc) is 2.70. The lowest BCUT2D eigenvalue weighted by atomic mass is 10.2. The molecule has 0 aliphatic carbocycles. The van der Waals surface area contributed by atoms with Gasteiger partial charge in [0.2, 0.25) is 0 Å². The quantitative estimate of drug-likeness (QED) is 0.257. The van der Waals surface area contributed by atoms with Crippen LogP contribution in [0.1, 0.15) is 11.1 Å². The van der Waals surface area contributed by atoms with Crippen LogP contribution in [-0.4, -0.2) is 43.4 Å². The molecule has 9 heteroatoms. The molecule has 0 aliphatic rings. The molecular formula is C19H24BrN3O5. The number of aliphatic hydroxyl groups excluding tert-OH is 1. The lowest BCUT2D eigenvalue weighted by Crippen LogP contribution is -2.28. The maximum Gasteiger partial charge on any atom is 0.269 e. The Hall–Kier alpha value is -2.20. The van der Waals surface area contributed by atoms with Crippen LogP contribution >= 0.6 is 15.9 Å². The third kappa shape index (κ3) is 6.75. The topological polar surface area (TPSA) is 106 Å². The summed E-state index contributed by atoms with van der Waals surface area (Å²) < 4.78 is 12.2. The first-order chi connectivity index (χ1) is 13.5. The number of rotatable bonds is 12. The van der Waals surface area contributed by atoms with Crippen LogP contribution in [0.5, 0.6) is 11.5 Å². The van der Waals surface area contributed by atoms with Gasteiger partial charge in [-0.1, -0.05) is 15.9 Å². The van der Waals surface area contributed by atoms with Gasteiger partial charge in [0.05, 0.1) is 18.6 Å². The molecular weight excluding hydrogens is 430 g/mol. The van der Waals surface area contributed by atoms with Crippen molar-refractivity contribution in [2.24, 2.45) is 0 Å². The molecule has 0 heterocycles. The molecule has 0 atom stereocenters.